The topological polar surface area (TPSA) is 88.1 Å². The Hall–Kier alpha value is -2.68. The van der Waals surface area contributed by atoms with E-state index in [1.807, 2.05) is 37.3 Å². The number of carbonyl (C=O) groups excluding carboxylic acids is 1. The molecule has 2 aliphatic heterocycles. The third-order valence-electron chi connectivity index (χ3n) is 6.39. The minimum absolute atomic E-state index is 0.0215. The minimum Gasteiger partial charge on any atom is -0.361 e. The number of anilines is 1. The number of amides is 1. The minimum atomic E-state index is -0.594. The van der Waals surface area contributed by atoms with Crippen LogP contribution < -0.4 is 21.5 Å². The first-order valence-corrected chi connectivity index (χ1v) is 12.4. The first kappa shape index (κ1) is 22.1. The van der Waals surface area contributed by atoms with E-state index >= 15 is 0 Å². The van der Waals surface area contributed by atoms with Crippen LogP contribution in [0.15, 0.2) is 41.2 Å². The Balaban J connectivity index is 1.37. The van der Waals surface area contributed by atoms with E-state index in [0.717, 1.165) is 30.0 Å². The van der Waals surface area contributed by atoms with Crippen LogP contribution in [0.1, 0.15) is 58.3 Å². The summed E-state index contributed by atoms with van der Waals surface area (Å²) in [5, 5.41) is 9.77. The molecule has 1 aromatic carbocycles. The second-order valence-electron chi connectivity index (χ2n) is 8.49. The Labute approximate surface area is 201 Å². The number of benzene rings is 1. The normalized spacial score (nSPS) is 18.7. The fourth-order valence-electron chi connectivity index (χ4n) is 4.69. The van der Waals surface area contributed by atoms with Crippen LogP contribution in [0.5, 0.6) is 0 Å². The largest absolute Gasteiger partial charge is 0.361 e. The first-order valence-electron chi connectivity index (χ1n) is 11.2. The Morgan fingerprint density at radius 1 is 1.27 bits per heavy atom. The number of carbonyl (C=O) groups is 1. The standard InChI is InChI=1S/C24H26ClN5O2S/c1-2-15-9-18(23(31)28-12-17-8-16-11-26-13-19(16)33-17)30-20(15)21(25)29-22(24(30)32)27-10-14-6-4-3-5-7-14/h3-8,15,18,26H,2,9-13H2,1H3,(H,27,29)(H,28,31)/t15-,18-/m0/s1. The molecule has 0 bridgehead atoms. The molecule has 9 heteroatoms. The Bertz CT molecular complexity index is 1220. The van der Waals surface area contributed by atoms with Crippen molar-refractivity contribution in [1.29, 1.82) is 0 Å². The quantitative estimate of drug-likeness (QED) is 0.474. The Morgan fingerprint density at radius 2 is 2.09 bits per heavy atom. The van der Waals surface area contributed by atoms with Crippen LogP contribution in [0.3, 0.4) is 0 Å². The monoisotopic (exact) mass is 483 g/mol. The molecule has 2 aromatic heterocycles. The highest BCUT2D eigenvalue weighted by Crippen LogP contribution is 2.40. The third kappa shape index (κ3) is 4.30. The lowest BCUT2D eigenvalue weighted by Gasteiger charge is -2.16. The van der Waals surface area contributed by atoms with Crippen molar-refractivity contribution in [2.75, 3.05) is 5.32 Å². The maximum atomic E-state index is 13.4. The van der Waals surface area contributed by atoms with Gasteiger partial charge in [0.1, 0.15) is 6.04 Å². The number of fused-ring (bicyclic) bond motifs is 2. The predicted molar refractivity (Wildman–Crippen MR) is 131 cm³/mol. The predicted octanol–water partition coefficient (Wildman–Crippen LogP) is 3.93. The highest BCUT2D eigenvalue weighted by Gasteiger charge is 2.38. The molecule has 5 rings (SSSR count). The van der Waals surface area contributed by atoms with Crippen LogP contribution in [-0.2, 0) is 31.0 Å². The number of aromatic nitrogens is 2. The maximum absolute atomic E-state index is 13.4. The lowest BCUT2D eigenvalue weighted by molar-refractivity contribution is -0.124. The molecule has 0 saturated carbocycles. The summed E-state index contributed by atoms with van der Waals surface area (Å²) in [4.78, 5) is 33.4. The summed E-state index contributed by atoms with van der Waals surface area (Å²) in [6, 6.07) is 11.3. The molecule has 0 fully saturated rings. The van der Waals surface area contributed by atoms with Gasteiger partial charge in [0.25, 0.3) is 5.56 Å². The number of hydrogen-bond donors (Lipinski definition) is 3. The van der Waals surface area contributed by atoms with E-state index in [1.165, 1.54) is 10.4 Å². The van der Waals surface area contributed by atoms with E-state index in [0.29, 0.717) is 25.2 Å². The molecule has 3 N–H and O–H groups in total. The molecular formula is C24H26ClN5O2S. The summed E-state index contributed by atoms with van der Waals surface area (Å²) in [5.41, 5.74) is 2.70. The third-order valence-corrected chi connectivity index (χ3v) is 7.85. The smallest absolute Gasteiger partial charge is 0.294 e. The zero-order chi connectivity index (χ0) is 22.9. The molecule has 0 unspecified atom stereocenters. The van der Waals surface area contributed by atoms with E-state index in [2.05, 4.69) is 27.0 Å². The Kier molecular flexibility index (Phi) is 6.23. The van der Waals surface area contributed by atoms with Crippen LogP contribution >= 0.6 is 22.9 Å². The van der Waals surface area contributed by atoms with Gasteiger partial charge >= 0.3 is 0 Å². The van der Waals surface area contributed by atoms with Crippen LogP contribution in [0.25, 0.3) is 0 Å². The van der Waals surface area contributed by atoms with Gasteiger partial charge in [0, 0.05) is 35.3 Å². The summed E-state index contributed by atoms with van der Waals surface area (Å²) in [5.74, 6) is 0.0369. The van der Waals surface area contributed by atoms with Crippen molar-refractivity contribution in [3.05, 3.63) is 78.5 Å². The number of hydrogen-bond acceptors (Lipinski definition) is 6. The van der Waals surface area contributed by atoms with E-state index in [-0.39, 0.29) is 28.4 Å². The average molecular weight is 484 g/mol. The zero-order valence-corrected chi connectivity index (χ0v) is 19.9. The molecule has 0 spiro atoms. The maximum Gasteiger partial charge on any atom is 0.294 e. The number of halogens is 1. The second-order valence-corrected chi connectivity index (χ2v) is 10.1. The van der Waals surface area contributed by atoms with E-state index < -0.39 is 6.04 Å². The molecule has 2 aliphatic rings. The number of nitrogens with zero attached hydrogens (tertiary/aromatic N) is 2. The van der Waals surface area contributed by atoms with Crippen molar-refractivity contribution in [3.8, 4) is 0 Å². The summed E-state index contributed by atoms with van der Waals surface area (Å²) < 4.78 is 1.56. The van der Waals surface area contributed by atoms with Gasteiger partial charge in [-0.3, -0.25) is 14.2 Å². The molecule has 172 valence electrons. The van der Waals surface area contributed by atoms with Crippen molar-refractivity contribution < 1.29 is 4.79 Å². The molecule has 0 saturated heterocycles. The van der Waals surface area contributed by atoms with Crippen molar-refractivity contribution in [2.45, 2.75) is 57.9 Å². The molecule has 2 atom stereocenters. The lowest BCUT2D eigenvalue weighted by Crippen LogP contribution is -2.36. The molecular weight excluding hydrogens is 458 g/mol. The fraction of sp³-hybridized carbons (Fsp3) is 0.375. The zero-order valence-electron chi connectivity index (χ0n) is 18.4. The molecule has 1 amide bonds. The number of thiophene rings is 1. The summed E-state index contributed by atoms with van der Waals surface area (Å²) in [6.45, 7) is 4.73. The fourth-order valence-corrected chi connectivity index (χ4v) is 6.11. The molecule has 0 aliphatic carbocycles. The van der Waals surface area contributed by atoms with Gasteiger partial charge in [-0.05, 0) is 30.0 Å². The van der Waals surface area contributed by atoms with Crippen LogP contribution in [0.4, 0.5) is 5.82 Å². The Morgan fingerprint density at radius 3 is 2.85 bits per heavy atom. The van der Waals surface area contributed by atoms with Gasteiger partial charge in [0.15, 0.2) is 11.0 Å². The molecule has 7 nitrogen and oxygen atoms in total. The lowest BCUT2D eigenvalue weighted by atomic mass is 9.99. The number of rotatable bonds is 7. The van der Waals surface area contributed by atoms with Crippen molar-refractivity contribution >= 4 is 34.7 Å². The van der Waals surface area contributed by atoms with Crippen molar-refractivity contribution in [2.24, 2.45) is 0 Å². The van der Waals surface area contributed by atoms with E-state index in [9.17, 15) is 9.59 Å². The van der Waals surface area contributed by atoms with Gasteiger partial charge in [0.2, 0.25) is 5.91 Å². The van der Waals surface area contributed by atoms with Crippen LogP contribution in [0, 0.1) is 0 Å². The molecule has 3 aromatic rings. The van der Waals surface area contributed by atoms with Gasteiger partial charge in [0.05, 0.1) is 12.2 Å². The summed E-state index contributed by atoms with van der Waals surface area (Å²) in [7, 11) is 0. The van der Waals surface area contributed by atoms with Crippen LogP contribution in [0.2, 0.25) is 5.15 Å². The van der Waals surface area contributed by atoms with Gasteiger partial charge in [-0.15, -0.1) is 11.3 Å². The summed E-state index contributed by atoms with van der Waals surface area (Å²) in [6.07, 6.45) is 1.33. The molecule has 33 heavy (non-hydrogen) atoms. The SMILES string of the molecule is CC[C@H]1C[C@@H](C(=O)NCc2cc3c(s2)CNC3)n2c1c(Cl)nc(NCc1ccccc1)c2=O. The number of nitrogens with one attached hydrogen (secondary N) is 3. The van der Waals surface area contributed by atoms with Crippen molar-refractivity contribution in [3.63, 3.8) is 0 Å². The van der Waals surface area contributed by atoms with E-state index in [1.54, 1.807) is 15.9 Å². The summed E-state index contributed by atoms with van der Waals surface area (Å²) >= 11 is 8.26. The van der Waals surface area contributed by atoms with Gasteiger partial charge in [-0.25, -0.2) is 4.98 Å². The van der Waals surface area contributed by atoms with Crippen molar-refractivity contribution in [1.82, 2.24) is 20.2 Å². The van der Waals surface area contributed by atoms with Crippen LogP contribution in [-0.4, -0.2) is 15.5 Å². The van der Waals surface area contributed by atoms with Gasteiger partial charge < -0.3 is 16.0 Å². The van der Waals surface area contributed by atoms with Gasteiger partial charge in [-0.1, -0.05) is 48.9 Å². The second kappa shape index (κ2) is 9.29. The highest BCUT2D eigenvalue weighted by atomic mass is 35.5. The highest BCUT2D eigenvalue weighted by molar-refractivity contribution is 7.12. The van der Waals surface area contributed by atoms with Gasteiger partial charge in [-0.2, -0.15) is 0 Å². The first-order chi connectivity index (χ1) is 16.0. The van der Waals surface area contributed by atoms with E-state index in [4.69, 9.17) is 11.6 Å². The molecule has 0 radical (unpaired) electrons. The molecule has 4 heterocycles. The average Bonchev–Trinajstić information content (AvgIpc) is 3.53.